The maximum Gasteiger partial charge on any atom is 0.293 e. The van der Waals surface area contributed by atoms with Crippen molar-refractivity contribution in [3.05, 3.63) is 63.6 Å². The van der Waals surface area contributed by atoms with Gasteiger partial charge in [0.25, 0.3) is 11.1 Å². The van der Waals surface area contributed by atoms with Crippen LogP contribution in [0.1, 0.15) is 39.9 Å². The van der Waals surface area contributed by atoms with Crippen LogP contribution in [0.2, 0.25) is 0 Å². The number of aryl methyl sites for hydroxylation is 2. The number of fused-ring (bicyclic) bond motifs is 1. The molecule has 34 heavy (non-hydrogen) atoms. The first-order valence-electron chi connectivity index (χ1n) is 10.8. The normalized spacial score (nSPS) is 15.8. The summed E-state index contributed by atoms with van der Waals surface area (Å²) in [5.74, 6) is 0.424. The molecule has 3 amide bonds. The van der Waals surface area contributed by atoms with Gasteiger partial charge in [-0.15, -0.1) is 0 Å². The molecule has 2 aliphatic heterocycles. The summed E-state index contributed by atoms with van der Waals surface area (Å²) in [6.07, 6.45) is 1.76. The standard InChI is InChI=1S/C25H24N2O6S/c1-15-3-4-16(2)18(11-15)19(28)6-8-23(29)26-9-10-27-24(30)22(34-25(27)31)13-17-5-7-20-21(12-17)33-14-32-20/h3-5,7,11-13H,6,8-10,14H2,1-2H3,(H,26,29)/b22-13-. The van der Waals surface area contributed by atoms with Crippen LogP contribution in [0.4, 0.5) is 4.79 Å². The molecule has 0 radical (unpaired) electrons. The van der Waals surface area contributed by atoms with Crippen LogP contribution in [0.5, 0.6) is 11.5 Å². The molecule has 2 aromatic carbocycles. The molecule has 0 aromatic heterocycles. The van der Waals surface area contributed by atoms with Crippen LogP contribution in [-0.2, 0) is 9.59 Å². The van der Waals surface area contributed by atoms with Gasteiger partial charge in [0.05, 0.1) is 4.91 Å². The number of amides is 3. The lowest BCUT2D eigenvalue weighted by atomic mass is 9.99. The third kappa shape index (κ3) is 5.31. The quantitative estimate of drug-likeness (QED) is 0.452. The number of nitrogens with zero attached hydrogens (tertiary/aromatic N) is 1. The molecule has 0 atom stereocenters. The lowest BCUT2D eigenvalue weighted by Crippen LogP contribution is -2.37. The van der Waals surface area contributed by atoms with Crippen LogP contribution in [-0.4, -0.2) is 47.6 Å². The predicted octanol–water partition coefficient (Wildman–Crippen LogP) is 3.85. The fourth-order valence-corrected chi connectivity index (χ4v) is 4.51. The molecule has 0 saturated carbocycles. The van der Waals surface area contributed by atoms with E-state index in [4.69, 9.17) is 9.47 Å². The van der Waals surface area contributed by atoms with Crippen LogP contribution in [0.3, 0.4) is 0 Å². The summed E-state index contributed by atoms with van der Waals surface area (Å²) < 4.78 is 10.6. The van der Waals surface area contributed by atoms with Gasteiger partial charge in [-0.3, -0.25) is 24.1 Å². The zero-order valence-electron chi connectivity index (χ0n) is 18.9. The highest BCUT2D eigenvalue weighted by Gasteiger charge is 2.34. The molecule has 9 heteroatoms. The van der Waals surface area contributed by atoms with Crippen LogP contribution in [0.15, 0.2) is 41.3 Å². The topological polar surface area (TPSA) is 102 Å². The van der Waals surface area contributed by atoms with Crippen LogP contribution in [0, 0.1) is 13.8 Å². The maximum absolute atomic E-state index is 12.7. The number of Topliss-reactive ketones (excluding diaryl/α,β-unsaturated/α-hetero) is 1. The van der Waals surface area contributed by atoms with Crippen LogP contribution >= 0.6 is 11.8 Å². The van der Waals surface area contributed by atoms with Crippen molar-refractivity contribution in [2.75, 3.05) is 19.9 Å². The molecule has 0 unspecified atom stereocenters. The Morgan fingerprint density at radius 2 is 1.85 bits per heavy atom. The van der Waals surface area contributed by atoms with Gasteiger partial charge < -0.3 is 14.8 Å². The first-order chi connectivity index (χ1) is 16.3. The van der Waals surface area contributed by atoms with E-state index in [2.05, 4.69) is 5.32 Å². The molecule has 4 rings (SSSR count). The van der Waals surface area contributed by atoms with E-state index in [0.717, 1.165) is 33.4 Å². The van der Waals surface area contributed by atoms with E-state index in [-0.39, 0.29) is 44.4 Å². The number of rotatable bonds is 8. The maximum atomic E-state index is 12.7. The van der Waals surface area contributed by atoms with E-state index < -0.39 is 11.1 Å². The molecule has 0 bridgehead atoms. The SMILES string of the molecule is Cc1ccc(C)c(C(=O)CCC(=O)NCCN2C(=O)S/C(=C\c3ccc4c(c3)OCO4)C2=O)c1. The molecule has 1 saturated heterocycles. The minimum absolute atomic E-state index is 0.0398. The summed E-state index contributed by atoms with van der Waals surface area (Å²) in [7, 11) is 0. The van der Waals surface area contributed by atoms with E-state index in [9.17, 15) is 19.2 Å². The van der Waals surface area contributed by atoms with E-state index >= 15 is 0 Å². The summed E-state index contributed by atoms with van der Waals surface area (Å²) in [6.45, 7) is 4.11. The number of carbonyl (C=O) groups is 4. The predicted molar refractivity (Wildman–Crippen MR) is 128 cm³/mol. The molecule has 2 aliphatic rings. The van der Waals surface area contributed by atoms with Crippen molar-refractivity contribution in [3.63, 3.8) is 0 Å². The number of carbonyl (C=O) groups excluding carboxylic acids is 4. The van der Waals surface area contributed by atoms with Gasteiger partial charge in [-0.2, -0.15) is 0 Å². The number of thioether (sulfide) groups is 1. The van der Waals surface area contributed by atoms with Crippen molar-refractivity contribution in [2.24, 2.45) is 0 Å². The van der Waals surface area contributed by atoms with E-state index in [1.807, 2.05) is 32.0 Å². The Hall–Kier alpha value is -3.59. The highest BCUT2D eigenvalue weighted by Crippen LogP contribution is 2.36. The number of ketones is 1. The lowest BCUT2D eigenvalue weighted by Gasteiger charge is -2.13. The molecule has 8 nitrogen and oxygen atoms in total. The van der Waals surface area contributed by atoms with Crippen LogP contribution < -0.4 is 14.8 Å². The fraction of sp³-hybridized carbons (Fsp3) is 0.280. The molecular weight excluding hydrogens is 456 g/mol. The zero-order chi connectivity index (χ0) is 24.2. The number of hydrogen-bond acceptors (Lipinski definition) is 7. The van der Waals surface area contributed by atoms with Gasteiger partial charge in [-0.1, -0.05) is 23.8 Å². The van der Waals surface area contributed by atoms with E-state index in [1.54, 1.807) is 24.3 Å². The van der Waals surface area contributed by atoms with E-state index in [0.29, 0.717) is 22.0 Å². The molecule has 0 spiro atoms. The van der Waals surface area contributed by atoms with Crippen molar-refractivity contribution in [1.82, 2.24) is 10.2 Å². The summed E-state index contributed by atoms with van der Waals surface area (Å²) in [6, 6.07) is 10.9. The van der Waals surface area contributed by atoms with Crippen molar-refractivity contribution in [1.29, 1.82) is 0 Å². The van der Waals surface area contributed by atoms with Gasteiger partial charge in [0, 0.05) is 31.5 Å². The average Bonchev–Trinajstić information content (AvgIpc) is 3.38. The first-order valence-corrected chi connectivity index (χ1v) is 11.7. The summed E-state index contributed by atoms with van der Waals surface area (Å²) in [4.78, 5) is 51.0. The van der Waals surface area contributed by atoms with E-state index in [1.165, 1.54) is 0 Å². The van der Waals surface area contributed by atoms with Crippen molar-refractivity contribution < 1.29 is 28.7 Å². The third-order valence-corrected chi connectivity index (χ3v) is 6.41. The highest BCUT2D eigenvalue weighted by atomic mass is 32.2. The Kier molecular flexibility index (Phi) is 7.02. The Morgan fingerprint density at radius 3 is 2.68 bits per heavy atom. The number of hydrogen-bond donors (Lipinski definition) is 1. The smallest absolute Gasteiger partial charge is 0.293 e. The second kappa shape index (κ2) is 10.1. The number of ether oxygens (including phenoxy) is 2. The van der Waals surface area contributed by atoms with Gasteiger partial charge >= 0.3 is 0 Å². The van der Waals surface area contributed by atoms with Crippen molar-refractivity contribution in [3.8, 4) is 11.5 Å². The minimum atomic E-state index is -0.410. The Balaban J connectivity index is 1.26. The second-order valence-electron chi connectivity index (χ2n) is 8.04. The van der Waals surface area contributed by atoms with Crippen LogP contribution in [0.25, 0.3) is 6.08 Å². The molecule has 176 valence electrons. The molecular formula is C25H24N2O6S. The second-order valence-corrected chi connectivity index (χ2v) is 9.03. The molecule has 0 aliphatic carbocycles. The lowest BCUT2D eigenvalue weighted by molar-refractivity contribution is -0.124. The number of imide groups is 1. The van der Waals surface area contributed by atoms with Crippen molar-refractivity contribution >= 4 is 40.7 Å². The Labute approximate surface area is 201 Å². The molecule has 2 heterocycles. The third-order valence-electron chi connectivity index (χ3n) is 5.50. The minimum Gasteiger partial charge on any atom is -0.454 e. The summed E-state index contributed by atoms with van der Waals surface area (Å²) >= 11 is 0.852. The molecule has 2 aromatic rings. The summed E-state index contributed by atoms with van der Waals surface area (Å²) in [5, 5.41) is 2.29. The fourth-order valence-electron chi connectivity index (χ4n) is 3.64. The Bertz CT molecular complexity index is 1210. The average molecular weight is 481 g/mol. The monoisotopic (exact) mass is 480 g/mol. The van der Waals surface area contributed by atoms with Gasteiger partial charge in [0.1, 0.15) is 0 Å². The van der Waals surface area contributed by atoms with Gasteiger partial charge in [-0.05, 0) is 61.0 Å². The summed E-state index contributed by atoms with van der Waals surface area (Å²) in [5.41, 5.74) is 3.21. The van der Waals surface area contributed by atoms with Gasteiger partial charge in [0.2, 0.25) is 12.7 Å². The van der Waals surface area contributed by atoms with Crippen molar-refractivity contribution in [2.45, 2.75) is 26.7 Å². The van der Waals surface area contributed by atoms with Gasteiger partial charge in [0.15, 0.2) is 17.3 Å². The highest BCUT2D eigenvalue weighted by molar-refractivity contribution is 8.18. The number of nitrogens with one attached hydrogen (secondary N) is 1. The largest absolute Gasteiger partial charge is 0.454 e. The first kappa shape index (κ1) is 23.6. The molecule has 1 N–H and O–H groups in total. The Morgan fingerprint density at radius 1 is 1.06 bits per heavy atom. The van der Waals surface area contributed by atoms with Gasteiger partial charge in [-0.25, -0.2) is 0 Å². The zero-order valence-corrected chi connectivity index (χ0v) is 19.7. The molecule has 1 fully saturated rings. The number of benzene rings is 2.